The van der Waals surface area contributed by atoms with E-state index in [9.17, 15) is 4.79 Å². The molecular weight excluding hydrogens is 326 g/mol. The summed E-state index contributed by atoms with van der Waals surface area (Å²) in [5, 5.41) is 6.37. The smallest absolute Gasteiger partial charge is 0.253 e. The number of carbonyl (C=O) groups excluding carboxylic acids is 1. The lowest BCUT2D eigenvalue weighted by Gasteiger charge is -2.28. The molecular formula is C21H29N3O2. The van der Waals surface area contributed by atoms with Gasteiger partial charge in [-0.3, -0.25) is 4.79 Å². The van der Waals surface area contributed by atoms with Gasteiger partial charge in [0.25, 0.3) is 5.91 Å². The van der Waals surface area contributed by atoms with Crippen LogP contribution < -0.4 is 15.4 Å². The van der Waals surface area contributed by atoms with Gasteiger partial charge in [-0.25, -0.2) is 0 Å². The van der Waals surface area contributed by atoms with Crippen molar-refractivity contribution in [2.24, 2.45) is 5.41 Å². The minimum Gasteiger partial charge on any atom is -0.497 e. The van der Waals surface area contributed by atoms with E-state index in [1.54, 1.807) is 7.11 Å². The van der Waals surface area contributed by atoms with Gasteiger partial charge < -0.3 is 20.3 Å². The molecule has 2 N–H and O–H groups in total. The van der Waals surface area contributed by atoms with Crippen LogP contribution in [0.1, 0.15) is 24.2 Å². The second-order valence-electron chi connectivity index (χ2n) is 7.48. The van der Waals surface area contributed by atoms with Crippen LogP contribution in [-0.4, -0.2) is 45.1 Å². The van der Waals surface area contributed by atoms with Gasteiger partial charge in [0.2, 0.25) is 0 Å². The molecule has 0 radical (unpaired) electrons. The third-order valence-electron chi connectivity index (χ3n) is 4.01. The summed E-state index contributed by atoms with van der Waals surface area (Å²) in [6.07, 6.45) is 0. The fraction of sp³-hybridized carbons (Fsp3) is 0.381. The zero-order valence-electron chi connectivity index (χ0n) is 16.3. The Labute approximate surface area is 156 Å². The number of amides is 1. The predicted octanol–water partition coefficient (Wildman–Crippen LogP) is 3.76. The van der Waals surface area contributed by atoms with Gasteiger partial charge >= 0.3 is 0 Å². The zero-order chi connectivity index (χ0) is 19.2. The first kappa shape index (κ1) is 19.8. The van der Waals surface area contributed by atoms with E-state index in [0.29, 0.717) is 12.1 Å². The molecule has 0 spiro atoms. The average Bonchev–Trinajstić information content (AvgIpc) is 2.60. The molecule has 0 heterocycles. The van der Waals surface area contributed by atoms with Crippen molar-refractivity contribution in [3.05, 3.63) is 54.1 Å². The Morgan fingerprint density at radius 1 is 1.08 bits per heavy atom. The number of ether oxygens (including phenoxy) is 1. The number of nitrogens with zero attached hydrogens (tertiary/aromatic N) is 1. The summed E-state index contributed by atoms with van der Waals surface area (Å²) in [6.45, 7) is 5.81. The average molecular weight is 355 g/mol. The lowest BCUT2D eigenvalue weighted by Crippen LogP contribution is -2.40. The van der Waals surface area contributed by atoms with Crippen molar-refractivity contribution in [2.75, 3.05) is 39.6 Å². The maximum Gasteiger partial charge on any atom is 0.253 e. The maximum atomic E-state index is 12.7. The third kappa shape index (κ3) is 5.77. The summed E-state index contributed by atoms with van der Waals surface area (Å²) >= 11 is 0. The Kier molecular flexibility index (Phi) is 6.64. The van der Waals surface area contributed by atoms with Crippen molar-refractivity contribution in [2.45, 2.75) is 13.8 Å². The number of methoxy groups -OCH3 is 1. The molecule has 0 aliphatic carbocycles. The van der Waals surface area contributed by atoms with Crippen LogP contribution in [0.15, 0.2) is 48.5 Å². The molecule has 2 rings (SSSR count). The number of rotatable bonds is 8. The standard InChI is InChI=1S/C21H29N3O2/c1-21(2,15-24(3)4)14-22-20(25)18-8-6-7-9-19(18)23-16-10-12-17(26-5)13-11-16/h6-13,23H,14-15H2,1-5H3,(H,22,25). The van der Waals surface area contributed by atoms with Crippen molar-refractivity contribution < 1.29 is 9.53 Å². The van der Waals surface area contributed by atoms with Crippen LogP contribution in [0.5, 0.6) is 5.75 Å². The lowest BCUT2D eigenvalue weighted by atomic mass is 9.93. The first-order valence-electron chi connectivity index (χ1n) is 8.74. The van der Waals surface area contributed by atoms with Crippen LogP contribution in [-0.2, 0) is 0 Å². The molecule has 26 heavy (non-hydrogen) atoms. The molecule has 0 saturated heterocycles. The van der Waals surface area contributed by atoms with Crippen LogP contribution in [0, 0.1) is 5.41 Å². The highest BCUT2D eigenvalue weighted by atomic mass is 16.5. The fourth-order valence-electron chi connectivity index (χ4n) is 2.95. The maximum absolute atomic E-state index is 12.7. The minimum absolute atomic E-state index is 0.00246. The number of para-hydroxylation sites is 1. The van der Waals surface area contributed by atoms with Crippen molar-refractivity contribution in [1.82, 2.24) is 10.2 Å². The molecule has 0 aliphatic rings. The normalized spacial score (nSPS) is 11.3. The van der Waals surface area contributed by atoms with Gasteiger partial charge in [-0.05, 0) is 55.9 Å². The molecule has 0 saturated carbocycles. The minimum atomic E-state index is -0.0755. The molecule has 5 heteroatoms. The van der Waals surface area contributed by atoms with Gasteiger partial charge in [0.1, 0.15) is 5.75 Å². The molecule has 0 aromatic heterocycles. The summed E-state index contributed by atoms with van der Waals surface area (Å²) < 4.78 is 5.18. The highest BCUT2D eigenvalue weighted by molar-refractivity contribution is 6.00. The Morgan fingerprint density at radius 2 is 1.73 bits per heavy atom. The van der Waals surface area contributed by atoms with E-state index in [0.717, 1.165) is 23.7 Å². The first-order chi connectivity index (χ1) is 12.3. The lowest BCUT2D eigenvalue weighted by molar-refractivity contribution is 0.0930. The SMILES string of the molecule is COc1ccc(Nc2ccccc2C(=O)NCC(C)(C)CN(C)C)cc1. The number of nitrogens with one attached hydrogen (secondary N) is 2. The van der Waals surface area contributed by atoms with Gasteiger partial charge in [-0.15, -0.1) is 0 Å². The summed E-state index contributed by atoms with van der Waals surface area (Å²) in [5.74, 6) is 0.721. The second kappa shape index (κ2) is 8.72. The fourth-order valence-corrected chi connectivity index (χ4v) is 2.95. The van der Waals surface area contributed by atoms with E-state index in [1.165, 1.54) is 0 Å². The van der Waals surface area contributed by atoms with E-state index < -0.39 is 0 Å². The molecule has 0 aliphatic heterocycles. The first-order valence-corrected chi connectivity index (χ1v) is 8.74. The highest BCUT2D eigenvalue weighted by Gasteiger charge is 2.21. The van der Waals surface area contributed by atoms with Crippen LogP contribution in [0.3, 0.4) is 0 Å². The topological polar surface area (TPSA) is 53.6 Å². The molecule has 0 fully saturated rings. The molecule has 0 atom stereocenters. The summed E-state index contributed by atoms with van der Waals surface area (Å²) in [7, 11) is 5.72. The van der Waals surface area contributed by atoms with Crippen molar-refractivity contribution in [3.8, 4) is 5.75 Å². The van der Waals surface area contributed by atoms with E-state index in [-0.39, 0.29) is 11.3 Å². The summed E-state index contributed by atoms with van der Waals surface area (Å²) in [5.41, 5.74) is 2.31. The van der Waals surface area contributed by atoms with Crippen molar-refractivity contribution in [1.29, 1.82) is 0 Å². The Morgan fingerprint density at radius 3 is 2.35 bits per heavy atom. The molecule has 0 unspecified atom stereocenters. The largest absolute Gasteiger partial charge is 0.497 e. The number of hydrogen-bond acceptors (Lipinski definition) is 4. The van der Waals surface area contributed by atoms with Crippen LogP contribution in [0.4, 0.5) is 11.4 Å². The molecule has 2 aromatic rings. The van der Waals surface area contributed by atoms with E-state index in [2.05, 4.69) is 29.4 Å². The van der Waals surface area contributed by atoms with E-state index in [4.69, 9.17) is 4.74 Å². The van der Waals surface area contributed by atoms with Crippen LogP contribution in [0.25, 0.3) is 0 Å². The van der Waals surface area contributed by atoms with E-state index >= 15 is 0 Å². The van der Waals surface area contributed by atoms with Crippen LogP contribution >= 0.6 is 0 Å². The zero-order valence-corrected chi connectivity index (χ0v) is 16.3. The predicted molar refractivity (Wildman–Crippen MR) is 107 cm³/mol. The highest BCUT2D eigenvalue weighted by Crippen LogP contribution is 2.23. The quantitative estimate of drug-likeness (QED) is 0.757. The van der Waals surface area contributed by atoms with Gasteiger partial charge in [0, 0.05) is 18.8 Å². The molecule has 0 bridgehead atoms. The van der Waals surface area contributed by atoms with E-state index in [1.807, 2.05) is 62.6 Å². The Hall–Kier alpha value is -2.53. The summed E-state index contributed by atoms with van der Waals surface area (Å²) in [6, 6.07) is 15.1. The number of anilines is 2. The number of hydrogen-bond donors (Lipinski definition) is 2. The van der Waals surface area contributed by atoms with Gasteiger partial charge in [-0.2, -0.15) is 0 Å². The third-order valence-corrected chi connectivity index (χ3v) is 4.01. The molecule has 140 valence electrons. The molecule has 5 nitrogen and oxygen atoms in total. The Bertz CT molecular complexity index is 724. The summed E-state index contributed by atoms with van der Waals surface area (Å²) in [4.78, 5) is 14.8. The molecule has 1 amide bonds. The second-order valence-corrected chi connectivity index (χ2v) is 7.48. The van der Waals surface area contributed by atoms with Gasteiger partial charge in [0.15, 0.2) is 0 Å². The Balaban J connectivity index is 2.08. The van der Waals surface area contributed by atoms with Gasteiger partial charge in [0.05, 0.1) is 18.4 Å². The number of carbonyl (C=O) groups is 1. The monoisotopic (exact) mass is 355 g/mol. The van der Waals surface area contributed by atoms with Crippen molar-refractivity contribution in [3.63, 3.8) is 0 Å². The van der Waals surface area contributed by atoms with Crippen LogP contribution in [0.2, 0.25) is 0 Å². The number of benzene rings is 2. The molecule has 2 aromatic carbocycles. The van der Waals surface area contributed by atoms with Crippen molar-refractivity contribution >= 4 is 17.3 Å². The van der Waals surface area contributed by atoms with Gasteiger partial charge in [-0.1, -0.05) is 26.0 Å².